The van der Waals surface area contributed by atoms with Gasteiger partial charge < -0.3 is 29.2 Å². The molecule has 4 aromatic rings. The Morgan fingerprint density at radius 2 is 1.67 bits per heavy atom. The Kier molecular flexibility index (Phi) is 9.33. The maximum Gasteiger partial charge on any atom is 0.124 e. The first-order valence-corrected chi connectivity index (χ1v) is 13.7. The molecular weight excluding hydrogens is 488 g/mol. The Hall–Kier alpha value is -3.58. The molecule has 39 heavy (non-hydrogen) atoms. The van der Waals surface area contributed by atoms with Gasteiger partial charge in [0.15, 0.2) is 0 Å². The van der Waals surface area contributed by atoms with Crippen molar-refractivity contribution in [1.29, 1.82) is 0 Å². The molecule has 0 saturated carbocycles. The van der Waals surface area contributed by atoms with Crippen LogP contribution in [0, 0.1) is 0 Å². The number of nitrogens with zero attached hydrogens (tertiary/aromatic N) is 1. The van der Waals surface area contributed by atoms with Crippen LogP contribution in [0.15, 0.2) is 91.0 Å². The largest absolute Gasteiger partial charge is 0.496 e. The lowest BCUT2D eigenvalue weighted by atomic mass is 9.96. The topological polar surface area (TPSA) is 52.2 Å². The van der Waals surface area contributed by atoms with Crippen molar-refractivity contribution in [3.63, 3.8) is 0 Å². The smallest absolute Gasteiger partial charge is 0.124 e. The Labute approximate surface area is 231 Å². The summed E-state index contributed by atoms with van der Waals surface area (Å²) in [5.41, 5.74) is 3.43. The van der Waals surface area contributed by atoms with Crippen LogP contribution in [0.25, 0.3) is 10.8 Å². The van der Waals surface area contributed by atoms with Crippen LogP contribution in [-0.2, 0) is 16.1 Å². The van der Waals surface area contributed by atoms with Gasteiger partial charge in [0.05, 0.1) is 33.0 Å². The third kappa shape index (κ3) is 6.71. The molecule has 204 valence electrons. The number of nitrogens with one attached hydrogen (secondary N) is 1. The minimum atomic E-state index is -0.0470. The molecule has 1 aliphatic heterocycles. The van der Waals surface area contributed by atoms with Gasteiger partial charge in [-0.15, -0.1) is 0 Å². The molecule has 6 nitrogen and oxygen atoms in total. The molecule has 0 aliphatic carbocycles. The van der Waals surface area contributed by atoms with Crippen LogP contribution in [-0.4, -0.2) is 53.1 Å². The predicted octanol–water partition coefficient (Wildman–Crippen LogP) is 6.00. The summed E-state index contributed by atoms with van der Waals surface area (Å²) in [6, 6.07) is 31.6. The average molecular weight is 527 g/mol. The lowest BCUT2D eigenvalue weighted by Gasteiger charge is -2.42. The van der Waals surface area contributed by atoms with Crippen molar-refractivity contribution in [3.8, 4) is 11.5 Å². The molecule has 5 rings (SSSR count). The number of para-hydroxylation sites is 1. The molecule has 4 aromatic carbocycles. The summed E-state index contributed by atoms with van der Waals surface area (Å²) in [7, 11) is 3.49. The van der Waals surface area contributed by atoms with E-state index in [1.165, 1.54) is 22.0 Å². The second kappa shape index (κ2) is 13.5. The van der Waals surface area contributed by atoms with E-state index in [1.54, 1.807) is 7.11 Å². The van der Waals surface area contributed by atoms with Crippen LogP contribution in [0.5, 0.6) is 11.5 Å². The van der Waals surface area contributed by atoms with Gasteiger partial charge >= 0.3 is 0 Å². The van der Waals surface area contributed by atoms with E-state index in [0.717, 1.165) is 43.1 Å². The van der Waals surface area contributed by atoms with Crippen LogP contribution in [0.3, 0.4) is 0 Å². The zero-order chi connectivity index (χ0) is 26.9. The number of rotatable bonds is 12. The Balaban J connectivity index is 1.16. The molecule has 6 heteroatoms. The van der Waals surface area contributed by atoms with Gasteiger partial charge in [-0.2, -0.15) is 0 Å². The standard InChI is InChI=1S/C33H38N2O4/c1-36-32-11-6-5-10-28(32)24-38-20-7-21-39-30-16-14-29(15-17-30)35-19-18-34-23-31(35)33(37-2)27-13-12-25-8-3-4-9-26(25)22-27/h3-6,8-17,22,31,33-34H,7,18-21,23-24H2,1-2H3/t31-,33?/m1/s1. The van der Waals surface area contributed by atoms with E-state index >= 15 is 0 Å². The van der Waals surface area contributed by atoms with Crippen molar-refractivity contribution in [2.75, 3.05) is 52.0 Å². The number of hydrogen-bond donors (Lipinski definition) is 1. The van der Waals surface area contributed by atoms with E-state index in [0.29, 0.717) is 19.8 Å². The monoisotopic (exact) mass is 526 g/mol. The second-order valence-corrected chi connectivity index (χ2v) is 9.79. The van der Waals surface area contributed by atoms with E-state index in [9.17, 15) is 0 Å². The lowest BCUT2D eigenvalue weighted by Crippen LogP contribution is -2.54. The quantitative estimate of drug-likeness (QED) is 0.229. The van der Waals surface area contributed by atoms with Gasteiger partial charge in [0.1, 0.15) is 17.6 Å². The highest BCUT2D eigenvalue weighted by atomic mass is 16.5. The van der Waals surface area contributed by atoms with Crippen molar-refractivity contribution < 1.29 is 18.9 Å². The average Bonchev–Trinajstić information content (AvgIpc) is 3.00. The number of piperazine rings is 1. The zero-order valence-electron chi connectivity index (χ0n) is 22.8. The van der Waals surface area contributed by atoms with Gasteiger partial charge in [-0.1, -0.05) is 54.6 Å². The maximum atomic E-state index is 6.10. The summed E-state index contributed by atoms with van der Waals surface area (Å²) in [6.07, 6.45) is 0.770. The third-order valence-corrected chi connectivity index (χ3v) is 7.31. The molecule has 1 saturated heterocycles. The summed E-state index contributed by atoms with van der Waals surface area (Å²) < 4.78 is 23.3. The van der Waals surface area contributed by atoms with E-state index in [2.05, 4.69) is 76.9 Å². The molecule has 0 aromatic heterocycles. The van der Waals surface area contributed by atoms with Crippen molar-refractivity contribution >= 4 is 16.5 Å². The number of hydrogen-bond acceptors (Lipinski definition) is 6. The van der Waals surface area contributed by atoms with E-state index in [1.807, 2.05) is 31.4 Å². The first-order valence-electron chi connectivity index (χ1n) is 13.7. The normalized spacial score (nSPS) is 16.3. The molecule has 2 atom stereocenters. The summed E-state index contributed by atoms with van der Waals surface area (Å²) >= 11 is 0. The Morgan fingerprint density at radius 3 is 2.49 bits per heavy atom. The SMILES string of the molecule is COc1ccccc1COCCCOc1ccc(N2CCNC[C@@H]2C(OC)c2ccc3ccccc3c2)cc1. The predicted molar refractivity (Wildman–Crippen MR) is 157 cm³/mol. The minimum absolute atomic E-state index is 0.0470. The third-order valence-electron chi connectivity index (χ3n) is 7.31. The molecule has 0 bridgehead atoms. The van der Waals surface area contributed by atoms with Crippen LogP contribution >= 0.6 is 0 Å². The maximum absolute atomic E-state index is 6.10. The molecule has 1 heterocycles. The molecule has 1 N–H and O–H groups in total. The van der Waals surface area contributed by atoms with Crippen molar-refractivity contribution in [3.05, 3.63) is 102 Å². The van der Waals surface area contributed by atoms with E-state index in [4.69, 9.17) is 18.9 Å². The second-order valence-electron chi connectivity index (χ2n) is 9.79. The summed E-state index contributed by atoms with van der Waals surface area (Å²) in [6.45, 7) is 4.49. The van der Waals surface area contributed by atoms with Gasteiger partial charge in [0, 0.05) is 44.4 Å². The Bertz CT molecular complexity index is 1330. The highest BCUT2D eigenvalue weighted by Gasteiger charge is 2.31. The summed E-state index contributed by atoms with van der Waals surface area (Å²) in [5.74, 6) is 1.72. The van der Waals surface area contributed by atoms with Crippen LogP contribution in [0.1, 0.15) is 23.7 Å². The molecule has 1 aliphatic rings. The van der Waals surface area contributed by atoms with Crippen molar-refractivity contribution in [1.82, 2.24) is 5.32 Å². The van der Waals surface area contributed by atoms with E-state index in [-0.39, 0.29) is 12.1 Å². The first kappa shape index (κ1) is 27.0. The number of anilines is 1. The summed E-state index contributed by atoms with van der Waals surface area (Å²) in [4.78, 5) is 2.45. The van der Waals surface area contributed by atoms with Crippen molar-refractivity contribution in [2.24, 2.45) is 0 Å². The molecule has 1 fully saturated rings. The molecular formula is C33H38N2O4. The van der Waals surface area contributed by atoms with Gasteiger partial charge in [-0.05, 0) is 52.7 Å². The van der Waals surface area contributed by atoms with Crippen LogP contribution in [0.2, 0.25) is 0 Å². The van der Waals surface area contributed by atoms with Gasteiger partial charge in [-0.25, -0.2) is 0 Å². The first-order chi connectivity index (χ1) is 19.3. The molecule has 1 unspecified atom stereocenters. The van der Waals surface area contributed by atoms with Gasteiger partial charge in [-0.3, -0.25) is 0 Å². The number of fused-ring (bicyclic) bond motifs is 1. The van der Waals surface area contributed by atoms with Crippen LogP contribution < -0.4 is 19.7 Å². The minimum Gasteiger partial charge on any atom is -0.496 e. The van der Waals surface area contributed by atoms with Crippen LogP contribution in [0.4, 0.5) is 5.69 Å². The van der Waals surface area contributed by atoms with Crippen molar-refractivity contribution in [2.45, 2.75) is 25.2 Å². The van der Waals surface area contributed by atoms with Gasteiger partial charge in [0.2, 0.25) is 0 Å². The fourth-order valence-corrected chi connectivity index (χ4v) is 5.31. The number of ether oxygens (including phenoxy) is 4. The Morgan fingerprint density at radius 1 is 0.872 bits per heavy atom. The number of methoxy groups -OCH3 is 2. The zero-order valence-corrected chi connectivity index (χ0v) is 22.8. The molecule has 0 spiro atoms. The van der Waals surface area contributed by atoms with Gasteiger partial charge in [0.25, 0.3) is 0 Å². The molecule has 0 amide bonds. The molecule has 0 radical (unpaired) electrons. The lowest BCUT2D eigenvalue weighted by molar-refractivity contribution is 0.0734. The highest BCUT2D eigenvalue weighted by Crippen LogP contribution is 2.32. The fourth-order valence-electron chi connectivity index (χ4n) is 5.31. The van der Waals surface area contributed by atoms with E-state index < -0.39 is 0 Å². The number of benzene rings is 4. The summed E-state index contributed by atoms with van der Waals surface area (Å²) in [5, 5.41) is 6.04. The highest BCUT2D eigenvalue weighted by molar-refractivity contribution is 5.83. The fraction of sp³-hybridized carbons (Fsp3) is 0.333.